The minimum Gasteiger partial charge on any atom is -0.381 e. The first-order valence-electron chi connectivity index (χ1n) is 11.2. The molecule has 10 heteroatoms. The fraction of sp³-hybridized carbons (Fsp3) is 0.292. The highest BCUT2D eigenvalue weighted by Gasteiger charge is 2.34. The second kappa shape index (κ2) is 8.93. The fourth-order valence-electron chi connectivity index (χ4n) is 4.48. The number of anilines is 1. The minimum atomic E-state index is -3.45. The Morgan fingerprint density at radius 2 is 2.12 bits per heavy atom. The molecule has 3 aromatic heterocycles. The van der Waals surface area contributed by atoms with E-state index in [0.29, 0.717) is 18.7 Å². The average Bonchev–Trinajstić information content (AvgIpc) is 3.47. The van der Waals surface area contributed by atoms with E-state index in [1.807, 2.05) is 35.3 Å². The zero-order chi connectivity index (χ0) is 23.7. The number of sulfone groups is 1. The number of nitriles is 1. The number of hydrogen-bond donors (Lipinski definition) is 3. The van der Waals surface area contributed by atoms with Gasteiger partial charge in [-0.05, 0) is 49.1 Å². The lowest BCUT2D eigenvalue weighted by Crippen LogP contribution is -2.39. The highest BCUT2D eigenvalue weighted by Crippen LogP contribution is 2.38. The number of rotatable bonds is 8. The summed E-state index contributed by atoms with van der Waals surface area (Å²) in [6, 6.07) is 12.3. The van der Waals surface area contributed by atoms with Crippen LogP contribution in [-0.2, 0) is 16.4 Å². The maximum Gasteiger partial charge on any atom is 0.178 e. The van der Waals surface area contributed by atoms with Gasteiger partial charge in [0.1, 0.15) is 5.65 Å². The third kappa shape index (κ3) is 4.27. The number of benzene rings is 1. The zero-order valence-electron chi connectivity index (χ0n) is 18.5. The van der Waals surface area contributed by atoms with Crippen molar-refractivity contribution in [3.63, 3.8) is 0 Å². The molecule has 5 rings (SSSR count). The van der Waals surface area contributed by atoms with Crippen LogP contribution in [0, 0.1) is 17.2 Å². The van der Waals surface area contributed by atoms with Crippen molar-refractivity contribution >= 4 is 26.6 Å². The molecular formula is C24H25N7O2S. The Morgan fingerprint density at radius 1 is 1.26 bits per heavy atom. The minimum absolute atomic E-state index is 0.0593. The van der Waals surface area contributed by atoms with E-state index in [-0.39, 0.29) is 22.6 Å². The van der Waals surface area contributed by atoms with Crippen LogP contribution in [0.15, 0.2) is 59.9 Å². The van der Waals surface area contributed by atoms with Crippen molar-refractivity contribution in [1.82, 2.24) is 19.7 Å². The third-order valence-electron chi connectivity index (χ3n) is 6.22. The third-order valence-corrected chi connectivity index (χ3v) is 8.11. The van der Waals surface area contributed by atoms with Crippen LogP contribution in [0.25, 0.3) is 22.3 Å². The summed E-state index contributed by atoms with van der Waals surface area (Å²) in [5.41, 5.74) is 9.43. The average molecular weight is 476 g/mol. The van der Waals surface area contributed by atoms with Gasteiger partial charge in [-0.2, -0.15) is 10.4 Å². The van der Waals surface area contributed by atoms with Gasteiger partial charge in [-0.25, -0.2) is 13.4 Å². The Kier molecular flexibility index (Phi) is 5.81. The molecule has 0 saturated heterocycles. The van der Waals surface area contributed by atoms with Gasteiger partial charge in [0.2, 0.25) is 0 Å². The van der Waals surface area contributed by atoms with Gasteiger partial charge in [0.05, 0.1) is 40.2 Å². The van der Waals surface area contributed by atoms with Crippen LogP contribution in [-0.4, -0.2) is 46.5 Å². The predicted molar refractivity (Wildman–Crippen MR) is 130 cm³/mol. The maximum absolute atomic E-state index is 12.8. The second-order valence-corrected chi connectivity index (χ2v) is 10.7. The zero-order valence-corrected chi connectivity index (χ0v) is 19.3. The van der Waals surface area contributed by atoms with Crippen LogP contribution in [0.3, 0.4) is 0 Å². The van der Waals surface area contributed by atoms with Crippen molar-refractivity contribution in [3.05, 3.63) is 60.6 Å². The number of hydrogen-bond acceptors (Lipinski definition) is 7. The van der Waals surface area contributed by atoms with E-state index in [1.165, 1.54) is 6.07 Å². The van der Waals surface area contributed by atoms with Crippen LogP contribution < -0.4 is 11.1 Å². The van der Waals surface area contributed by atoms with Gasteiger partial charge in [-0.3, -0.25) is 4.68 Å². The molecule has 0 bridgehead atoms. The Labute approximate surface area is 197 Å². The molecule has 0 radical (unpaired) electrons. The lowest BCUT2D eigenvalue weighted by atomic mass is 9.81. The number of pyridine rings is 1. The largest absolute Gasteiger partial charge is 0.381 e. The molecule has 0 amide bonds. The summed E-state index contributed by atoms with van der Waals surface area (Å²) in [6.45, 7) is 1.15. The molecule has 1 fully saturated rings. The van der Waals surface area contributed by atoms with Crippen molar-refractivity contribution in [2.24, 2.45) is 11.7 Å². The van der Waals surface area contributed by atoms with E-state index in [9.17, 15) is 8.42 Å². The quantitative estimate of drug-likeness (QED) is 0.355. The van der Waals surface area contributed by atoms with Crippen LogP contribution >= 0.6 is 0 Å². The summed E-state index contributed by atoms with van der Waals surface area (Å²) >= 11 is 0. The Hall–Kier alpha value is -3.68. The smallest absolute Gasteiger partial charge is 0.178 e. The van der Waals surface area contributed by atoms with E-state index in [2.05, 4.69) is 20.4 Å². The molecule has 0 unspecified atom stereocenters. The molecule has 174 valence electrons. The van der Waals surface area contributed by atoms with Gasteiger partial charge in [-0.15, -0.1) is 0 Å². The SMILES string of the molecule is N#Cc1cccc(S(=O)(=O)CC2CC(Nc3c(-c4ccn(CCN)n4)cnc4[nH]ccc34)C2)c1. The topological polar surface area (TPSA) is 142 Å². The molecule has 0 spiro atoms. The van der Waals surface area contributed by atoms with Crippen molar-refractivity contribution in [3.8, 4) is 17.3 Å². The van der Waals surface area contributed by atoms with Gasteiger partial charge >= 0.3 is 0 Å². The number of aromatic amines is 1. The number of nitrogens with one attached hydrogen (secondary N) is 2. The van der Waals surface area contributed by atoms with Gasteiger partial charge in [-0.1, -0.05) is 6.07 Å². The van der Waals surface area contributed by atoms with Crippen molar-refractivity contribution in [2.75, 3.05) is 17.6 Å². The molecule has 1 aromatic carbocycles. The summed E-state index contributed by atoms with van der Waals surface area (Å²) in [4.78, 5) is 7.88. The van der Waals surface area contributed by atoms with Crippen molar-refractivity contribution in [2.45, 2.75) is 30.3 Å². The van der Waals surface area contributed by atoms with Crippen LogP contribution in [0.1, 0.15) is 18.4 Å². The Balaban J connectivity index is 1.32. The maximum atomic E-state index is 12.8. The van der Waals surface area contributed by atoms with E-state index < -0.39 is 9.84 Å². The van der Waals surface area contributed by atoms with Crippen LogP contribution in [0.4, 0.5) is 5.69 Å². The van der Waals surface area contributed by atoms with E-state index in [0.717, 1.165) is 40.8 Å². The van der Waals surface area contributed by atoms with Crippen molar-refractivity contribution in [1.29, 1.82) is 5.26 Å². The molecule has 1 saturated carbocycles. The number of nitrogens with zero attached hydrogens (tertiary/aromatic N) is 4. The summed E-state index contributed by atoms with van der Waals surface area (Å²) < 4.78 is 27.5. The first-order valence-corrected chi connectivity index (χ1v) is 12.8. The molecule has 4 N–H and O–H groups in total. The fourth-order valence-corrected chi connectivity index (χ4v) is 6.16. The van der Waals surface area contributed by atoms with Gasteiger partial charge in [0.25, 0.3) is 0 Å². The standard InChI is InChI=1S/C24H25N7O2S/c25-6-9-31-8-5-22(30-31)21-14-28-24-20(4-7-27-24)23(21)29-18-10-17(11-18)15-34(32,33)19-3-1-2-16(12-19)13-26/h1-5,7-8,12,14,17-18H,6,9-11,15,25H2,(H2,27,28,29). The second-order valence-electron chi connectivity index (χ2n) is 8.64. The highest BCUT2D eigenvalue weighted by atomic mass is 32.2. The lowest BCUT2D eigenvalue weighted by Gasteiger charge is -2.36. The number of fused-ring (bicyclic) bond motifs is 1. The van der Waals surface area contributed by atoms with Gasteiger partial charge in [0.15, 0.2) is 9.84 Å². The highest BCUT2D eigenvalue weighted by molar-refractivity contribution is 7.91. The molecular weight excluding hydrogens is 450 g/mol. The lowest BCUT2D eigenvalue weighted by molar-refractivity contribution is 0.311. The van der Waals surface area contributed by atoms with Crippen molar-refractivity contribution < 1.29 is 8.42 Å². The van der Waals surface area contributed by atoms with Crippen LogP contribution in [0.2, 0.25) is 0 Å². The Bertz CT molecular complexity index is 1480. The summed E-state index contributed by atoms with van der Waals surface area (Å²) in [5, 5.41) is 18.3. The molecule has 0 atom stereocenters. The molecule has 9 nitrogen and oxygen atoms in total. The number of nitrogens with two attached hydrogens (primary N) is 1. The first-order chi connectivity index (χ1) is 16.5. The monoisotopic (exact) mass is 475 g/mol. The van der Waals surface area contributed by atoms with Crippen LogP contribution in [0.5, 0.6) is 0 Å². The molecule has 34 heavy (non-hydrogen) atoms. The molecule has 1 aliphatic carbocycles. The molecule has 1 aliphatic rings. The first kappa shape index (κ1) is 22.1. The Morgan fingerprint density at radius 3 is 2.91 bits per heavy atom. The van der Waals surface area contributed by atoms with E-state index >= 15 is 0 Å². The van der Waals surface area contributed by atoms with E-state index in [4.69, 9.17) is 11.0 Å². The predicted octanol–water partition coefficient (Wildman–Crippen LogP) is 2.92. The van der Waals surface area contributed by atoms with Gasteiger partial charge in [0, 0.05) is 42.1 Å². The number of H-pyrrole nitrogens is 1. The molecule has 0 aliphatic heterocycles. The summed E-state index contributed by atoms with van der Waals surface area (Å²) in [6.07, 6.45) is 7.04. The molecule has 3 heterocycles. The normalized spacial score (nSPS) is 17.9. The number of aromatic nitrogens is 4. The summed E-state index contributed by atoms with van der Waals surface area (Å²) in [5.74, 6) is 0.135. The summed E-state index contributed by atoms with van der Waals surface area (Å²) in [7, 11) is -3.45. The molecule has 4 aromatic rings. The van der Waals surface area contributed by atoms with E-state index in [1.54, 1.807) is 24.4 Å². The van der Waals surface area contributed by atoms with Gasteiger partial charge < -0.3 is 16.0 Å².